The van der Waals surface area contributed by atoms with E-state index in [-0.39, 0.29) is 0 Å². The van der Waals surface area contributed by atoms with E-state index in [0.29, 0.717) is 6.42 Å². The number of aromatic nitrogens is 1. The van der Waals surface area contributed by atoms with Crippen molar-refractivity contribution in [3.8, 4) is 0 Å². The molecule has 3 nitrogen and oxygen atoms in total. The minimum atomic E-state index is -0.658. The number of aryl methyl sites for hydroxylation is 1. The standard InChI is InChI=1S/C22H31NO2S/c24-22(25)16-4-2-1-3-9-17-10-7-11-18(17)12-8-15-21-23-19-13-5-6-14-20(19)26-21/h5-6,13-14,17-18H,1-4,7-12,15-16H2,(H,24,25)/t17-,18?/m0/s1. The van der Waals surface area contributed by atoms with E-state index in [4.69, 9.17) is 10.1 Å². The van der Waals surface area contributed by atoms with Gasteiger partial charge in [0.2, 0.25) is 0 Å². The zero-order valence-corrected chi connectivity index (χ0v) is 16.5. The van der Waals surface area contributed by atoms with Gasteiger partial charge in [0.1, 0.15) is 0 Å². The summed E-state index contributed by atoms with van der Waals surface area (Å²) in [6.07, 6.45) is 14.0. The first-order valence-corrected chi connectivity index (χ1v) is 11.1. The predicted octanol–water partition coefficient (Wildman–Crippen LogP) is 6.46. The third-order valence-electron chi connectivity index (χ3n) is 5.84. The van der Waals surface area contributed by atoms with Gasteiger partial charge in [-0.05, 0) is 49.7 Å². The number of hydrogen-bond acceptors (Lipinski definition) is 3. The molecular formula is C22H31NO2S. The molecule has 0 aliphatic heterocycles. The van der Waals surface area contributed by atoms with Gasteiger partial charge in [-0.3, -0.25) is 4.79 Å². The Bertz CT molecular complexity index is 663. The molecule has 1 aromatic carbocycles. The second kappa shape index (κ2) is 10.1. The number of unbranched alkanes of at least 4 members (excludes halogenated alkanes) is 3. The fourth-order valence-electron chi connectivity index (χ4n) is 4.45. The number of aliphatic carboxylic acids is 1. The van der Waals surface area contributed by atoms with Gasteiger partial charge in [0.15, 0.2) is 0 Å². The third kappa shape index (κ3) is 5.80. The van der Waals surface area contributed by atoms with E-state index in [1.54, 1.807) is 0 Å². The molecule has 2 atom stereocenters. The summed E-state index contributed by atoms with van der Waals surface area (Å²) in [6, 6.07) is 8.44. The molecule has 2 aromatic rings. The van der Waals surface area contributed by atoms with Crippen molar-refractivity contribution in [3.05, 3.63) is 29.3 Å². The van der Waals surface area contributed by atoms with Gasteiger partial charge >= 0.3 is 5.97 Å². The van der Waals surface area contributed by atoms with E-state index in [0.717, 1.165) is 36.6 Å². The van der Waals surface area contributed by atoms with Gasteiger partial charge in [-0.2, -0.15) is 0 Å². The third-order valence-corrected chi connectivity index (χ3v) is 6.93. The smallest absolute Gasteiger partial charge is 0.303 e. The number of hydrogen-bond donors (Lipinski definition) is 1. The molecule has 1 heterocycles. The molecule has 0 spiro atoms. The summed E-state index contributed by atoms with van der Waals surface area (Å²) in [5.74, 6) is 1.15. The first-order valence-electron chi connectivity index (χ1n) is 10.3. The highest BCUT2D eigenvalue weighted by atomic mass is 32.1. The predicted molar refractivity (Wildman–Crippen MR) is 109 cm³/mol. The largest absolute Gasteiger partial charge is 0.481 e. The highest BCUT2D eigenvalue weighted by molar-refractivity contribution is 7.18. The zero-order chi connectivity index (χ0) is 18.2. The number of para-hydroxylation sites is 1. The molecule has 0 saturated heterocycles. The summed E-state index contributed by atoms with van der Waals surface area (Å²) in [7, 11) is 0. The lowest BCUT2D eigenvalue weighted by atomic mass is 9.87. The lowest BCUT2D eigenvalue weighted by Gasteiger charge is -2.19. The van der Waals surface area contributed by atoms with Crippen LogP contribution in [-0.2, 0) is 11.2 Å². The van der Waals surface area contributed by atoms with Gasteiger partial charge in [0.25, 0.3) is 0 Å². The first-order chi connectivity index (χ1) is 12.7. The Labute approximate surface area is 160 Å². The minimum absolute atomic E-state index is 0.331. The van der Waals surface area contributed by atoms with Crippen LogP contribution in [0.3, 0.4) is 0 Å². The number of thiazole rings is 1. The molecule has 0 bridgehead atoms. The molecule has 0 amide bonds. The average molecular weight is 374 g/mol. The van der Waals surface area contributed by atoms with Gasteiger partial charge < -0.3 is 5.11 Å². The van der Waals surface area contributed by atoms with Gasteiger partial charge in [0, 0.05) is 6.42 Å². The van der Waals surface area contributed by atoms with E-state index < -0.39 is 5.97 Å². The topological polar surface area (TPSA) is 50.2 Å². The molecular weight excluding hydrogens is 342 g/mol. The average Bonchev–Trinajstić information content (AvgIpc) is 3.24. The molecule has 1 fully saturated rings. The van der Waals surface area contributed by atoms with Crippen LogP contribution in [0.4, 0.5) is 0 Å². The second-order valence-electron chi connectivity index (χ2n) is 7.77. The number of rotatable bonds is 11. The van der Waals surface area contributed by atoms with Gasteiger partial charge in [-0.25, -0.2) is 4.98 Å². The molecule has 1 aromatic heterocycles. The molecule has 142 valence electrons. The fraction of sp³-hybridized carbons (Fsp3) is 0.636. The van der Waals surface area contributed by atoms with Crippen molar-refractivity contribution >= 4 is 27.5 Å². The monoisotopic (exact) mass is 373 g/mol. The Morgan fingerprint density at radius 2 is 1.77 bits per heavy atom. The highest BCUT2D eigenvalue weighted by Gasteiger charge is 2.26. The highest BCUT2D eigenvalue weighted by Crippen LogP contribution is 2.38. The van der Waals surface area contributed by atoms with Crippen molar-refractivity contribution in [2.75, 3.05) is 0 Å². The van der Waals surface area contributed by atoms with Crippen LogP contribution in [0.15, 0.2) is 24.3 Å². The Morgan fingerprint density at radius 1 is 1.04 bits per heavy atom. The van der Waals surface area contributed by atoms with Crippen LogP contribution in [-0.4, -0.2) is 16.1 Å². The van der Waals surface area contributed by atoms with E-state index in [1.165, 1.54) is 61.1 Å². The summed E-state index contributed by atoms with van der Waals surface area (Å²) in [6.45, 7) is 0. The summed E-state index contributed by atoms with van der Waals surface area (Å²) < 4.78 is 1.31. The normalized spacial score (nSPS) is 20.0. The van der Waals surface area contributed by atoms with Gasteiger partial charge in [0.05, 0.1) is 15.2 Å². The lowest BCUT2D eigenvalue weighted by molar-refractivity contribution is -0.137. The Balaban J connectivity index is 1.34. The van der Waals surface area contributed by atoms with Crippen LogP contribution in [0.1, 0.15) is 75.6 Å². The maximum Gasteiger partial charge on any atom is 0.303 e. The number of carbonyl (C=O) groups is 1. The van der Waals surface area contributed by atoms with Crippen LogP contribution in [0.25, 0.3) is 10.2 Å². The van der Waals surface area contributed by atoms with Crippen molar-refractivity contribution < 1.29 is 9.90 Å². The maximum absolute atomic E-state index is 10.5. The summed E-state index contributed by atoms with van der Waals surface area (Å²) in [4.78, 5) is 15.3. The maximum atomic E-state index is 10.5. The van der Waals surface area contributed by atoms with E-state index in [9.17, 15) is 4.79 Å². The summed E-state index contributed by atoms with van der Waals surface area (Å²) >= 11 is 1.85. The first kappa shape index (κ1) is 19.3. The number of fused-ring (bicyclic) bond motifs is 1. The molecule has 26 heavy (non-hydrogen) atoms. The molecule has 0 radical (unpaired) electrons. The Hall–Kier alpha value is -1.42. The van der Waals surface area contributed by atoms with Gasteiger partial charge in [-0.1, -0.05) is 57.1 Å². The van der Waals surface area contributed by atoms with Crippen LogP contribution >= 0.6 is 11.3 Å². The van der Waals surface area contributed by atoms with Crippen molar-refractivity contribution in [2.24, 2.45) is 11.8 Å². The van der Waals surface area contributed by atoms with Gasteiger partial charge in [-0.15, -0.1) is 11.3 Å². The van der Waals surface area contributed by atoms with Crippen molar-refractivity contribution in [2.45, 2.75) is 77.0 Å². The number of benzene rings is 1. The van der Waals surface area contributed by atoms with Crippen LogP contribution in [0, 0.1) is 11.8 Å². The molecule has 1 unspecified atom stereocenters. The summed E-state index contributed by atoms with van der Waals surface area (Å²) in [5.41, 5.74) is 1.15. The minimum Gasteiger partial charge on any atom is -0.481 e. The summed E-state index contributed by atoms with van der Waals surface area (Å²) in [5, 5.41) is 9.97. The number of carboxylic acid groups (broad SMARTS) is 1. The Kier molecular flexibility index (Phi) is 7.48. The number of carboxylic acids is 1. The molecule has 1 N–H and O–H groups in total. The SMILES string of the molecule is O=C(O)CCCCCC[C@H]1CCCC1CCCc1nc2ccccc2s1. The second-order valence-corrected chi connectivity index (χ2v) is 8.88. The number of nitrogens with zero attached hydrogens (tertiary/aromatic N) is 1. The van der Waals surface area contributed by atoms with Crippen LogP contribution in [0.2, 0.25) is 0 Å². The zero-order valence-electron chi connectivity index (χ0n) is 15.7. The van der Waals surface area contributed by atoms with E-state index >= 15 is 0 Å². The molecule has 3 rings (SSSR count). The molecule has 4 heteroatoms. The van der Waals surface area contributed by atoms with Crippen molar-refractivity contribution in [1.82, 2.24) is 4.98 Å². The molecule has 1 aliphatic carbocycles. The van der Waals surface area contributed by atoms with Crippen molar-refractivity contribution in [3.63, 3.8) is 0 Å². The molecule has 1 saturated carbocycles. The quantitative estimate of drug-likeness (QED) is 0.460. The lowest BCUT2D eigenvalue weighted by Crippen LogP contribution is -2.08. The van der Waals surface area contributed by atoms with Crippen LogP contribution in [0.5, 0.6) is 0 Å². The Morgan fingerprint density at radius 3 is 2.54 bits per heavy atom. The van der Waals surface area contributed by atoms with Crippen molar-refractivity contribution in [1.29, 1.82) is 0 Å². The fourth-order valence-corrected chi connectivity index (χ4v) is 5.46. The molecule has 1 aliphatic rings. The van der Waals surface area contributed by atoms with E-state index in [1.807, 2.05) is 11.3 Å². The van der Waals surface area contributed by atoms with E-state index in [2.05, 4.69) is 24.3 Å². The van der Waals surface area contributed by atoms with Crippen LogP contribution < -0.4 is 0 Å².